The number of ketones is 1. The highest BCUT2D eigenvalue weighted by Crippen LogP contribution is 2.46. The molecule has 6 heteroatoms. The quantitative estimate of drug-likeness (QED) is 0.716. The molecule has 0 amide bonds. The fraction of sp³-hybridized carbons (Fsp3) is 0.867. The van der Waals surface area contributed by atoms with E-state index in [1.54, 1.807) is 0 Å². The second-order valence-corrected chi connectivity index (χ2v) is 6.47. The monoisotopic (exact) mass is 298 g/mol. The fourth-order valence-corrected chi connectivity index (χ4v) is 3.69. The SMILES string of the molecule is COC(=O)C1CCC2C(=O)C3(CC(O)C(C)CO3)OC2C1. The maximum absolute atomic E-state index is 12.6. The molecule has 0 aromatic carbocycles. The van der Waals surface area contributed by atoms with Crippen molar-refractivity contribution in [2.45, 2.75) is 50.6 Å². The molecule has 2 aliphatic heterocycles. The lowest BCUT2D eigenvalue weighted by Crippen LogP contribution is -2.50. The van der Waals surface area contributed by atoms with Crippen molar-refractivity contribution in [3.8, 4) is 0 Å². The van der Waals surface area contributed by atoms with E-state index in [0.29, 0.717) is 25.9 Å². The first-order valence-corrected chi connectivity index (χ1v) is 7.59. The Morgan fingerprint density at radius 3 is 2.86 bits per heavy atom. The number of aliphatic hydroxyl groups excluding tert-OH is 1. The van der Waals surface area contributed by atoms with Crippen molar-refractivity contribution < 1.29 is 28.9 Å². The Bertz CT molecular complexity index is 449. The molecule has 118 valence electrons. The largest absolute Gasteiger partial charge is 0.469 e. The molecular formula is C15H22O6. The molecule has 6 nitrogen and oxygen atoms in total. The summed E-state index contributed by atoms with van der Waals surface area (Å²) in [6.07, 6.45) is 1.01. The lowest BCUT2D eigenvalue weighted by Gasteiger charge is -2.37. The van der Waals surface area contributed by atoms with Crippen LogP contribution in [0.15, 0.2) is 0 Å². The van der Waals surface area contributed by atoms with E-state index < -0.39 is 11.9 Å². The third-order valence-electron chi connectivity index (χ3n) is 5.09. The Hall–Kier alpha value is -0.980. The summed E-state index contributed by atoms with van der Waals surface area (Å²) in [5.41, 5.74) is 0. The van der Waals surface area contributed by atoms with Gasteiger partial charge < -0.3 is 19.3 Å². The highest BCUT2D eigenvalue weighted by Gasteiger charge is 2.59. The molecule has 1 aliphatic carbocycles. The number of ether oxygens (including phenoxy) is 3. The van der Waals surface area contributed by atoms with Gasteiger partial charge in [0.15, 0.2) is 5.78 Å². The van der Waals surface area contributed by atoms with Crippen LogP contribution >= 0.6 is 0 Å². The Balaban J connectivity index is 1.74. The summed E-state index contributed by atoms with van der Waals surface area (Å²) in [6, 6.07) is 0. The summed E-state index contributed by atoms with van der Waals surface area (Å²) in [7, 11) is 1.37. The molecule has 0 radical (unpaired) electrons. The van der Waals surface area contributed by atoms with Gasteiger partial charge in [-0.1, -0.05) is 6.92 Å². The summed E-state index contributed by atoms with van der Waals surface area (Å²) >= 11 is 0. The second-order valence-electron chi connectivity index (χ2n) is 6.47. The van der Waals surface area contributed by atoms with Crippen LogP contribution in [0.4, 0.5) is 0 Å². The number of aliphatic hydroxyl groups is 1. The Labute approximate surface area is 123 Å². The van der Waals surface area contributed by atoms with E-state index >= 15 is 0 Å². The molecule has 2 heterocycles. The second kappa shape index (κ2) is 5.34. The van der Waals surface area contributed by atoms with E-state index in [-0.39, 0.29) is 42.0 Å². The smallest absolute Gasteiger partial charge is 0.308 e. The molecule has 1 saturated carbocycles. The number of esters is 1. The average molecular weight is 298 g/mol. The highest BCUT2D eigenvalue weighted by atomic mass is 16.7. The van der Waals surface area contributed by atoms with E-state index in [0.717, 1.165) is 0 Å². The van der Waals surface area contributed by atoms with Gasteiger partial charge in [-0.15, -0.1) is 0 Å². The van der Waals surface area contributed by atoms with Gasteiger partial charge in [-0.05, 0) is 19.3 Å². The number of Topliss-reactive ketones (excluding diaryl/α,β-unsaturated/α-hetero) is 1. The van der Waals surface area contributed by atoms with Crippen LogP contribution in [0, 0.1) is 17.8 Å². The molecule has 6 unspecified atom stereocenters. The zero-order chi connectivity index (χ0) is 15.2. The van der Waals surface area contributed by atoms with Gasteiger partial charge in [-0.2, -0.15) is 0 Å². The first-order chi connectivity index (χ1) is 9.97. The first-order valence-electron chi connectivity index (χ1n) is 7.59. The number of carbonyl (C=O) groups is 2. The fourth-order valence-electron chi connectivity index (χ4n) is 3.69. The molecule has 0 aromatic rings. The summed E-state index contributed by atoms with van der Waals surface area (Å²) < 4.78 is 16.4. The zero-order valence-electron chi connectivity index (χ0n) is 12.4. The van der Waals surface area contributed by atoms with Gasteiger partial charge in [0.1, 0.15) is 0 Å². The highest BCUT2D eigenvalue weighted by molar-refractivity contribution is 5.91. The van der Waals surface area contributed by atoms with Crippen molar-refractivity contribution in [1.29, 1.82) is 0 Å². The van der Waals surface area contributed by atoms with Crippen LogP contribution in [0.25, 0.3) is 0 Å². The predicted octanol–water partition coefficient (Wildman–Crippen LogP) is 0.657. The lowest BCUT2D eigenvalue weighted by atomic mass is 9.77. The van der Waals surface area contributed by atoms with E-state index in [1.807, 2.05) is 6.92 Å². The molecule has 3 fully saturated rings. The van der Waals surface area contributed by atoms with Crippen LogP contribution in [0.2, 0.25) is 0 Å². The predicted molar refractivity (Wildman–Crippen MR) is 71.2 cm³/mol. The Kier molecular flexibility index (Phi) is 3.80. The van der Waals surface area contributed by atoms with Crippen LogP contribution in [-0.4, -0.2) is 48.6 Å². The molecular weight excluding hydrogens is 276 g/mol. The van der Waals surface area contributed by atoms with Gasteiger partial charge in [0.2, 0.25) is 5.79 Å². The molecule has 21 heavy (non-hydrogen) atoms. The van der Waals surface area contributed by atoms with Crippen molar-refractivity contribution in [2.24, 2.45) is 17.8 Å². The van der Waals surface area contributed by atoms with Gasteiger partial charge in [0.05, 0.1) is 31.8 Å². The summed E-state index contributed by atoms with van der Waals surface area (Å²) in [4.78, 5) is 24.3. The molecule has 2 saturated heterocycles. The van der Waals surface area contributed by atoms with E-state index in [9.17, 15) is 14.7 Å². The van der Waals surface area contributed by atoms with Crippen molar-refractivity contribution in [3.63, 3.8) is 0 Å². The maximum atomic E-state index is 12.6. The molecule has 3 rings (SSSR count). The van der Waals surface area contributed by atoms with Crippen molar-refractivity contribution in [1.82, 2.24) is 0 Å². The number of fused-ring (bicyclic) bond motifs is 1. The molecule has 1 N–H and O–H groups in total. The lowest BCUT2D eigenvalue weighted by molar-refractivity contribution is -0.263. The molecule has 0 aromatic heterocycles. The van der Waals surface area contributed by atoms with Crippen LogP contribution < -0.4 is 0 Å². The van der Waals surface area contributed by atoms with Crippen molar-refractivity contribution >= 4 is 11.8 Å². The van der Waals surface area contributed by atoms with Gasteiger partial charge in [-0.25, -0.2) is 0 Å². The van der Waals surface area contributed by atoms with Crippen LogP contribution in [-0.2, 0) is 23.8 Å². The van der Waals surface area contributed by atoms with Gasteiger partial charge in [0.25, 0.3) is 0 Å². The molecule has 3 aliphatic rings. The molecule has 0 bridgehead atoms. The zero-order valence-corrected chi connectivity index (χ0v) is 12.4. The number of hydrogen-bond donors (Lipinski definition) is 1. The van der Waals surface area contributed by atoms with Crippen LogP contribution in [0.5, 0.6) is 0 Å². The van der Waals surface area contributed by atoms with E-state index in [4.69, 9.17) is 14.2 Å². The third-order valence-corrected chi connectivity index (χ3v) is 5.09. The van der Waals surface area contributed by atoms with Gasteiger partial charge >= 0.3 is 5.97 Å². The minimum absolute atomic E-state index is 0.00234. The number of rotatable bonds is 1. The minimum Gasteiger partial charge on any atom is -0.469 e. The number of methoxy groups -OCH3 is 1. The van der Waals surface area contributed by atoms with Crippen LogP contribution in [0.1, 0.15) is 32.6 Å². The summed E-state index contributed by atoms with van der Waals surface area (Å²) in [5, 5.41) is 10.0. The third kappa shape index (κ3) is 2.39. The molecule has 1 spiro atoms. The number of carbonyl (C=O) groups excluding carboxylic acids is 2. The van der Waals surface area contributed by atoms with Crippen LogP contribution in [0.3, 0.4) is 0 Å². The van der Waals surface area contributed by atoms with Crippen molar-refractivity contribution in [2.75, 3.05) is 13.7 Å². The topological polar surface area (TPSA) is 82.1 Å². The normalized spacial score (nSPS) is 46.4. The summed E-state index contributed by atoms with van der Waals surface area (Å²) in [5.74, 6) is -2.06. The van der Waals surface area contributed by atoms with E-state index in [1.165, 1.54) is 7.11 Å². The standard InChI is InChI=1S/C15H22O6/c1-8-7-20-15(6-11(8)16)13(17)10-4-3-9(14(18)19-2)5-12(10)21-15/h8-12,16H,3-7H2,1-2H3. The number of hydrogen-bond acceptors (Lipinski definition) is 6. The Morgan fingerprint density at radius 2 is 2.19 bits per heavy atom. The van der Waals surface area contributed by atoms with Crippen molar-refractivity contribution in [3.05, 3.63) is 0 Å². The Morgan fingerprint density at radius 1 is 1.43 bits per heavy atom. The maximum Gasteiger partial charge on any atom is 0.308 e. The minimum atomic E-state index is -1.30. The summed E-state index contributed by atoms with van der Waals surface area (Å²) in [6.45, 7) is 2.20. The molecule has 6 atom stereocenters. The van der Waals surface area contributed by atoms with Gasteiger partial charge in [-0.3, -0.25) is 9.59 Å². The van der Waals surface area contributed by atoms with E-state index in [2.05, 4.69) is 0 Å². The van der Waals surface area contributed by atoms with Gasteiger partial charge in [0, 0.05) is 18.3 Å². The first kappa shape index (κ1) is 14.9. The average Bonchev–Trinajstić information content (AvgIpc) is 2.75.